The zero-order valence-electron chi connectivity index (χ0n) is 23.4. The van der Waals surface area contributed by atoms with Gasteiger partial charge in [-0.25, -0.2) is 4.79 Å². The number of ether oxygens (including phenoxy) is 1. The number of benzene rings is 3. The van der Waals surface area contributed by atoms with E-state index < -0.39 is 35.6 Å². The molecule has 0 heterocycles. The van der Waals surface area contributed by atoms with E-state index in [1.807, 2.05) is 42.7 Å². The molecule has 3 N–H and O–H groups in total. The third-order valence-corrected chi connectivity index (χ3v) is 6.68. The number of nitrogens with one attached hydrogen (secondary N) is 2. The van der Waals surface area contributed by atoms with Gasteiger partial charge in [0.25, 0.3) is 11.8 Å². The van der Waals surface area contributed by atoms with Crippen LogP contribution in [-0.2, 0) is 14.3 Å². The normalized spacial score (nSPS) is 12.6. The number of phenols is 1. The molecule has 0 bridgehead atoms. The number of carbonyl (C=O) groups excluding carboxylic acids is 3. The summed E-state index contributed by atoms with van der Waals surface area (Å²) in [7, 11) is 0. The molecular weight excluding hydrogens is 526 g/mol. The zero-order chi connectivity index (χ0) is 29.4. The average molecular weight is 562 g/mol. The molecule has 210 valence electrons. The summed E-state index contributed by atoms with van der Waals surface area (Å²) in [5.74, 6) is -0.587. The van der Waals surface area contributed by atoms with Crippen molar-refractivity contribution in [2.24, 2.45) is 0 Å². The van der Waals surface area contributed by atoms with Crippen LogP contribution < -0.4 is 10.6 Å². The number of amides is 3. The standard InChI is InChI=1S/C31H35N3O5S/c1-7-34(29(37)25(16-17-40-6)33-30(38)39-31(3,4)5)27(23-13-15-26(35)20(2)18-23)28(36)32-24-14-12-21-10-8-9-11-22(21)19-24/h1,8-15,18-19,25,27,35H,16-17H2,2-6H3,(H,32,36)(H,33,38). The van der Waals surface area contributed by atoms with Crippen molar-refractivity contribution in [2.45, 2.75) is 51.8 Å². The number of nitrogens with zero attached hydrogens (tertiary/aromatic N) is 1. The number of fused-ring (bicyclic) bond motifs is 1. The number of aromatic hydroxyl groups is 1. The summed E-state index contributed by atoms with van der Waals surface area (Å²) >= 11 is 1.50. The van der Waals surface area contributed by atoms with Gasteiger partial charge in [0.05, 0.1) is 0 Å². The third kappa shape index (κ3) is 7.93. The number of phenolic OH excluding ortho intramolecular Hbond substituents is 1. The van der Waals surface area contributed by atoms with Crippen LogP contribution in [0.1, 0.15) is 44.4 Å². The molecule has 0 aliphatic heterocycles. The van der Waals surface area contributed by atoms with Gasteiger partial charge in [-0.15, -0.1) is 0 Å². The smallest absolute Gasteiger partial charge is 0.408 e. The van der Waals surface area contributed by atoms with Crippen molar-refractivity contribution in [2.75, 3.05) is 17.3 Å². The second-order valence-electron chi connectivity index (χ2n) is 10.3. The molecule has 2 atom stereocenters. The van der Waals surface area contributed by atoms with Crippen molar-refractivity contribution in [1.29, 1.82) is 0 Å². The first-order chi connectivity index (χ1) is 18.9. The molecule has 2 unspecified atom stereocenters. The lowest BCUT2D eigenvalue weighted by molar-refractivity contribution is -0.136. The van der Waals surface area contributed by atoms with E-state index in [0.29, 0.717) is 22.6 Å². The number of alkyl carbamates (subject to hydrolysis) is 1. The Kier molecular flexibility index (Phi) is 10.1. The van der Waals surface area contributed by atoms with E-state index in [1.54, 1.807) is 45.9 Å². The first kappa shape index (κ1) is 30.4. The van der Waals surface area contributed by atoms with E-state index in [-0.39, 0.29) is 12.2 Å². The second kappa shape index (κ2) is 13.3. The number of carbonyl (C=O) groups is 3. The summed E-state index contributed by atoms with van der Waals surface area (Å²) in [4.78, 5) is 41.2. The van der Waals surface area contributed by atoms with Crippen LogP contribution in [0, 0.1) is 19.4 Å². The number of hydrogen-bond donors (Lipinski definition) is 3. The Morgan fingerprint density at radius 1 is 1.07 bits per heavy atom. The molecule has 3 amide bonds. The Hall–Kier alpha value is -4.16. The largest absolute Gasteiger partial charge is 0.508 e. The van der Waals surface area contributed by atoms with E-state index in [9.17, 15) is 19.5 Å². The van der Waals surface area contributed by atoms with Crippen molar-refractivity contribution in [3.63, 3.8) is 0 Å². The van der Waals surface area contributed by atoms with Gasteiger partial charge in [-0.1, -0.05) is 42.8 Å². The fourth-order valence-corrected chi connectivity index (χ4v) is 4.59. The Bertz CT molecular complexity index is 1430. The highest BCUT2D eigenvalue weighted by atomic mass is 32.2. The van der Waals surface area contributed by atoms with E-state index >= 15 is 0 Å². The molecular formula is C31H35N3O5S. The first-order valence-corrected chi connectivity index (χ1v) is 14.2. The van der Waals surface area contributed by atoms with E-state index in [4.69, 9.17) is 11.2 Å². The fraction of sp³-hybridized carbons (Fsp3) is 0.323. The SMILES string of the molecule is C#CN(C(=O)C(CCSC)NC(=O)OC(C)(C)C)C(C(=O)Nc1ccc2ccccc2c1)c1ccc(O)c(C)c1. The van der Waals surface area contributed by atoms with Gasteiger partial charge in [-0.05, 0) is 92.3 Å². The predicted octanol–water partition coefficient (Wildman–Crippen LogP) is 5.60. The lowest BCUT2D eigenvalue weighted by Crippen LogP contribution is -2.51. The minimum Gasteiger partial charge on any atom is -0.508 e. The van der Waals surface area contributed by atoms with Crippen LogP contribution in [-0.4, -0.2) is 51.6 Å². The Morgan fingerprint density at radius 2 is 1.77 bits per heavy atom. The van der Waals surface area contributed by atoms with Gasteiger partial charge in [-0.2, -0.15) is 11.8 Å². The zero-order valence-corrected chi connectivity index (χ0v) is 24.2. The summed E-state index contributed by atoms with van der Waals surface area (Å²) in [5.41, 5.74) is 0.672. The van der Waals surface area contributed by atoms with Crippen LogP contribution in [0.15, 0.2) is 60.7 Å². The molecule has 3 rings (SSSR count). The summed E-state index contributed by atoms with van der Waals surface area (Å²) in [6, 6.07) is 17.9. The maximum absolute atomic E-state index is 13.9. The third-order valence-electron chi connectivity index (χ3n) is 6.04. The molecule has 0 saturated carbocycles. The fourth-order valence-electron chi connectivity index (χ4n) is 4.12. The minimum absolute atomic E-state index is 0.0421. The van der Waals surface area contributed by atoms with E-state index in [2.05, 4.69) is 16.7 Å². The number of hydrogen-bond acceptors (Lipinski definition) is 6. The van der Waals surface area contributed by atoms with Gasteiger partial charge in [-0.3, -0.25) is 14.5 Å². The lowest BCUT2D eigenvalue weighted by Gasteiger charge is -2.30. The van der Waals surface area contributed by atoms with Crippen molar-refractivity contribution in [1.82, 2.24) is 10.2 Å². The summed E-state index contributed by atoms with van der Waals surface area (Å²) in [6.45, 7) is 6.85. The van der Waals surface area contributed by atoms with Crippen molar-refractivity contribution >= 4 is 46.1 Å². The van der Waals surface area contributed by atoms with Crippen LogP contribution in [0.25, 0.3) is 10.8 Å². The van der Waals surface area contributed by atoms with Gasteiger partial charge in [0.15, 0.2) is 0 Å². The topological polar surface area (TPSA) is 108 Å². The van der Waals surface area contributed by atoms with Gasteiger partial charge in [0.2, 0.25) is 0 Å². The molecule has 3 aromatic rings. The quantitative estimate of drug-likeness (QED) is 0.232. The molecule has 0 aliphatic carbocycles. The predicted molar refractivity (Wildman–Crippen MR) is 160 cm³/mol. The number of anilines is 1. The summed E-state index contributed by atoms with van der Waals surface area (Å²) < 4.78 is 5.36. The molecule has 9 heteroatoms. The number of aryl methyl sites for hydroxylation is 1. The molecule has 40 heavy (non-hydrogen) atoms. The molecule has 0 aliphatic rings. The highest BCUT2D eigenvalue weighted by molar-refractivity contribution is 7.98. The molecule has 0 aromatic heterocycles. The Labute approximate surface area is 239 Å². The van der Waals surface area contributed by atoms with Gasteiger partial charge in [0, 0.05) is 11.7 Å². The average Bonchev–Trinajstić information content (AvgIpc) is 2.89. The Balaban J connectivity index is 1.99. The van der Waals surface area contributed by atoms with Crippen LogP contribution in [0.2, 0.25) is 0 Å². The maximum Gasteiger partial charge on any atom is 0.408 e. The Morgan fingerprint density at radius 3 is 2.40 bits per heavy atom. The molecule has 0 spiro atoms. The maximum atomic E-state index is 13.9. The summed E-state index contributed by atoms with van der Waals surface area (Å²) in [5, 5.41) is 17.5. The highest BCUT2D eigenvalue weighted by Crippen LogP contribution is 2.29. The molecule has 0 radical (unpaired) electrons. The van der Waals surface area contributed by atoms with E-state index in [1.165, 1.54) is 17.8 Å². The van der Waals surface area contributed by atoms with Gasteiger partial charge >= 0.3 is 6.09 Å². The van der Waals surface area contributed by atoms with Crippen LogP contribution >= 0.6 is 11.8 Å². The van der Waals surface area contributed by atoms with Crippen molar-refractivity contribution in [3.8, 4) is 18.2 Å². The van der Waals surface area contributed by atoms with Gasteiger partial charge in [0.1, 0.15) is 23.4 Å². The first-order valence-electron chi connectivity index (χ1n) is 12.8. The van der Waals surface area contributed by atoms with Gasteiger partial charge < -0.3 is 20.5 Å². The van der Waals surface area contributed by atoms with Crippen molar-refractivity contribution < 1.29 is 24.2 Å². The molecule has 0 saturated heterocycles. The van der Waals surface area contributed by atoms with Crippen LogP contribution in [0.4, 0.5) is 10.5 Å². The number of rotatable bonds is 9. The summed E-state index contributed by atoms with van der Waals surface area (Å²) in [6.07, 6.45) is 7.25. The lowest BCUT2D eigenvalue weighted by atomic mass is 10.00. The van der Waals surface area contributed by atoms with E-state index in [0.717, 1.165) is 15.7 Å². The number of thioether (sulfide) groups is 1. The molecule has 8 nitrogen and oxygen atoms in total. The monoisotopic (exact) mass is 561 g/mol. The highest BCUT2D eigenvalue weighted by Gasteiger charge is 2.36. The molecule has 3 aromatic carbocycles. The number of terminal acetylenes is 1. The van der Waals surface area contributed by atoms with Crippen molar-refractivity contribution in [3.05, 3.63) is 71.8 Å². The minimum atomic E-state index is -1.25. The van der Waals surface area contributed by atoms with Crippen LogP contribution in [0.5, 0.6) is 5.75 Å². The molecule has 0 fully saturated rings. The van der Waals surface area contributed by atoms with Crippen LogP contribution in [0.3, 0.4) is 0 Å². The second-order valence-corrected chi connectivity index (χ2v) is 11.3.